The van der Waals surface area contributed by atoms with E-state index in [0.29, 0.717) is 0 Å². The van der Waals surface area contributed by atoms with E-state index in [1.807, 2.05) is 42.1 Å². The Kier molecular flexibility index (Phi) is 5.00. The van der Waals surface area contributed by atoms with Crippen LogP contribution in [0.3, 0.4) is 0 Å². The third kappa shape index (κ3) is 3.97. The lowest BCUT2D eigenvalue weighted by Crippen LogP contribution is -2.37. The van der Waals surface area contributed by atoms with Crippen LogP contribution < -0.4 is 10.6 Å². The summed E-state index contributed by atoms with van der Waals surface area (Å²) in [5.74, 6) is -0.314. The van der Waals surface area contributed by atoms with Crippen LogP contribution in [-0.4, -0.2) is 22.2 Å². The molecule has 130 valence electrons. The number of para-hydroxylation sites is 1. The number of amides is 2. The molecule has 2 amide bonds. The van der Waals surface area contributed by atoms with Crippen LogP contribution in [0.2, 0.25) is 0 Å². The Morgan fingerprint density at radius 2 is 1.88 bits per heavy atom. The Morgan fingerprint density at radius 3 is 2.64 bits per heavy atom. The maximum absolute atomic E-state index is 12.8. The highest BCUT2D eigenvalue weighted by atomic mass is 19.1. The Balaban J connectivity index is 1.55. The number of aryl methyl sites for hydroxylation is 1. The number of nitrogens with zero attached hydrogens (tertiary/aromatic N) is 1. The van der Waals surface area contributed by atoms with Gasteiger partial charge in [0.05, 0.1) is 6.10 Å². The second-order valence-corrected chi connectivity index (χ2v) is 5.92. The normalized spacial score (nSPS) is 12.1. The standard InChI is InChI=1S/C19H20FN3O2/c1-23-12-16(15-4-2-3-5-17(15)23)18(24)11-22-19(25)21-10-13-6-8-14(20)9-7-13/h2-9,12,18,24H,10-11H2,1H3,(H2,21,22,25). The number of halogens is 1. The van der Waals surface area contributed by atoms with Gasteiger partial charge in [-0.2, -0.15) is 0 Å². The fourth-order valence-corrected chi connectivity index (χ4v) is 2.78. The second kappa shape index (κ2) is 7.36. The predicted molar refractivity (Wildman–Crippen MR) is 94.5 cm³/mol. The maximum atomic E-state index is 12.8. The van der Waals surface area contributed by atoms with Gasteiger partial charge < -0.3 is 20.3 Å². The Labute approximate surface area is 145 Å². The van der Waals surface area contributed by atoms with Crippen LogP contribution >= 0.6 is 0 Å². The smallest absolute Gasteiger partial charge is 0.315 e. The summed E-state index contributed by atoms with van der Waals surface area (Å²) < 4.78 is 14.8. The number of aliphatic hydroxyl groups is 1. The zero-order valence-corrected chi connectivity index (χ0v) is 13.9. The molecule has 3 aromatic rings. The molecule has 0 bridgehead atoms. The van der Waals surface area contributed by atoms with E-state index >= 15 is 0 Å². The second-order valence-electron chi connectivity index (χ2n) is 5.92. The van der Waals surface area contributed by atoms with E-state index in [1.54, 1.807) is 12.1 Å². The first-order chi connectivity index (χ1) is 12.0. The molecular weight excluding hydrogens is 321 g/mol. The van der Waals surface area contributed by atoms with Crippen LogP contribution in [0.25, 0.3) is 10.9 Å². The first-order valence-corrected chi connectivity index (χ1v) is 8.03. The molecule has 1 atom stereocenters. The fraction of sp³-hybridized carbons (Fsp3) is 0.211. The van der Waals surface area contributed by atoms with Gasteiger partial charge in [-0.3, -0.25) is 0 Å². The molecule has 0 saturated heterocycles. The number of carbonyl (C=O) groups excluding carboxylic acids is 1. The SMILES string of the molecule is Cn1cc(C(O)CNC(=O)NCc2ccc(F)cc2)c2ccccc21. The number of hydrogen-bond acceptors (Lipinski definition) is 2. The summed E-state index contributed by atoms with van der Waals surface area (Å²) in [6, 6.07) is 13.3. The summed E-state index contributed by atoms with van der Waals surface area (Å²) in [7, 11) is 1.92. The van der Waals surface area contributed by atoms with Crippen molar-refractivity contribution in [1.29, 1.82) is 0 Å². The van der Waals surface area contributed by atoms with Gasteiger partial charge in [0.25, 0.3) is 0 Å². The minimum atomic E-state index is -0.803. The van der Waals surface area contributed by atoms with Gasteiger partial charge in [0.2, 0.25) is 0 Å². The van der Waals surface area contributed by atoms with Crippen molar-refractivity contribution in [3.05, 3.63) is 71.7 Å². The minimum Gasteiger partial charge on any atom is -0.386 e. The number of carbonyl (C=O) groups is 1. The third-order valence-electron chi connectivity index (χ3n) is 4.11. The average molecular weight is 341 g/mol. The highest BCUT2D eigenvalue weighted by Gasteiger charge is 2.15. The van der Waals surface area contributed by atoms with E-state index in [-0.39, 0.29) is 24.9 Å². The zero-order chi connectivity index (χ0) is 17.8. The lowest BCUT2D eigenvalue weighted by molar-refractivity contribution is 0.174. The van der Waals surface area contributed by atoms with Crippen molar-refractivity contribution in [2.24, 2.45) is 7.05 Å². The molecule has 3 rings (SSSR count). The number of aliphatic hydroxyl groups excluding tert-OH is 1. The summed E-state index contributed by atoms with van der Waals surface area (Å²) in [5.41, 5.74) is 2.60. The van der Waals surface area contributed by atoms with Crippen molar-refractivity contribution >= 4 is 16.9 Å². The molecule has 0 saturated carbocycles. The molecule has 0 aliphatic carbocycles. The molecule has 0 aliphatic rings. The molecule has 0 spiro atoms. The molecular formula is C19H20FN3O2. The quantitative estimate of drug-likeness (QED) is 0.668. The molecule has 1 aromatic heterocycles. The topological polar surface area (TPSA) is 66.3 Å². The number of fused-ring (bicyclic) bond motifs is 1. The van der Waals surface area contributed by atoms with E-state index in [2.05, 4.69) is 10.6 Å². The number of benzene rings is 2. The van der Waals surface area contributed by atoms with E-state index in [9.17, 15) is 14.3 Å². The molecule has 1 heterocycles. The van der Waals surface area contributed by atoms with Gasteiger partial charge in [0.15, 0.2) is 0 Å². The number of aromatic nitrogens is 1. The summed E-state index contributed by atoms with van der Waals surface area (Å²) in [4.78, 5) is 11.9. The van der Waals surface area contributed by atoms with Crippen molar-refractivity contribution in [3.63, 3.8) is 0 Å². The van der Waals surface area contributed by atoms with E-state index < -0.39 is 6.10 Å². The van der Waals surface area contributed by atoms with Gasteiger partial charge in [-0.05, 0) is 23.8 Å². The summed E-state index contributed by atoms with van der Waals surface area (Å²) in [6.45, 7) is 0.389. The Hall–Kier alpha value is -2.86. The van der Waals surface area contributed by atoms with Crippen molar-refractivity contribution in [1.82, 2.24) is 15.2 Å². The number of urea groups is 1. The summed E-state index contributed by atoms with van der Waals surface area (Å²) >= 11 is 0. The van der Waals surface area contributed by atoms with Crippen LogP contribution in [0.15, 0.2) is 54.7 Å². The lowest BCUT2D eigenvalue weighted by atomic mass is 10.1. The molecule has 2 aromatic carbocycles. The molecule has 1 unspecified atom stereocenters. The van der Waals surface area contributed by atoms with Crippen molar-refractivity contribution in [2.75, 3.05) is 6.54 Å². The average Bonchev–Trinajstić information content (AvgIpc) is 2.96. The van der Waals surface area contributed by atoms with Gasteiger partial charge in [0.1, 0.15) is 5.82 Å². The third-order valence-corrected chi connectivity index (χ3v) is 4.11. The fourth-order valence-electron chi connectivity index (χ4n) is 2.78. The summed E-state index contributed by atoms with van der Waals surface area (Å²) in [5, 5.41) is 16.7. The zero-order valence-electron chi connectivity index (χ0n) is 13.9. The largest absolute Gasteiger partial charge is 0.386 e. The molecule has 6 heteroatoms. The molecule has 0 radical (unpaired) electrons. The molecule has 0 aliphatic heterocycles. The molecule has 0 fully saturated rings. The van der Waals surface area contributed by atoms with Gasteiger partial charge in [-0.1, -0.05) is 30.3 Å². The van der Waals surface area contributed by atoms with Crippen LogP contribution in [0.1, 0.15) is 17.2 Å². The van der Waals surface area contributed by atoms with Gasteiger partial charge >= 0.3 is 6.03 Å². The number of hydrogen-bond donors (Lipinski definition) is 3. The van der Waals surface area contributed by atoms with Crippen LogP contribution in [-0.2, 0) is 13.6 Å². The van der Waals surface area contributed by atoms with E-state index in [4.69, 9.17) is 0 Å². The van der Waals surface area contributed by atoms with Gasteiger partial charge in [0, 0.05) is 42.8 Å². The van der Waals surface area contributed by atoms with Crippen molar-refractivity contribution in [2.45, 2.75) is 12.6 Å². The van der Waals surface area contributed by atoms with Crippen LogP contribution in [0.5, 0.6) is 0 Å². The van der Waals surface area contributed by atoms with Crippen LogP contribution in [0, 0.1) is 5.82 Å². The number of nitrogens with one attached hydrogen (secondary N) is 2. The number of rotatable bonds is 5. The monoisotopic (exact) mass is 341 g/mol. The highest BCUT2D eigenvalue weighted by Crippen LogP contribution is 2.25. The molecule has 5 nitrogen and oxygen atoms in total. The van der Waals surface area contributed by atoms with Gasteiger partial charge in [-0.15, -0.1) is 0 Å². The molecule has 3 N–H and O–H groups in total. The van der Waals surface area contributed by atoms with Crippen molar-refractivity contribution in [3.8, 4) is 0 Å². The first-order valence-electron chi connectivity index (χ1n) is 8.03. The maximum Gasteiger partial charge on any atom is 0.315 e. The van der Waals surface area contributed by atoms with E-state index in [1.165, 1.54) is 12.1 Å². The Morgan fingerprint density at radius 1 is 1.16 bits per heavy atom. The van der Waals surface area contributed by atoms with E-state index in [0.717, 1.165) is 22.0 Å². The Bertz CT molecular complexity index is 874. The predicted octanol–water partition coefficient (Wildman–Crippen LogP) is 2.85. The van der Waals surface area contributed by atoms with Gasteiger partial charge in [-0.25, -0.2) is 9.18 Å². The minimum absolute atomic E-state index is 0.100. The van der Waals surface area contributed by atoms with Crippen LogP contribution in [0.4, 0.5) is 9.18 Å². The first kappa shape index (κ1) is 17.0. The van der Waals surface area contributed by atoms with Crippen molar-refractivity contribution < 1.29 is 14.3 Å². The molecule has 25 heavy (non-hydrogen) atoms. The summed E-state index contributed by atoms with van der Waals surface area (Å²) in [6.07, 6.45) is 1.07. The highest BCUT2D eigenvalue weighted by molar-refractivity contribution is 5.84. The lowest BCUT2D eigenvalue weighted by Gasteiger charge is -2.12.